The molecule has 1 rings (SSSR count). The summed E-state index contributed by atoms with van der Waals surface area (Å²) in [6.07, 6.45) is -4.70. The highest BCUT2D eigenvalue weighted by Gasteiger charge is 2.74. The number of ketones is 3. The van der Waals surface area contributed by atoms with Gasteiger partial charge in [-0.3, -0.25) is 14.4 Å². The van der Waals surface area contributed by atoms with Gasteiger partial charge in [-0.1, -0.05) is 0 Å². The molecule has 0 aromatic rings. The SMILES string of the molecule is CC(=O)[C@]1(O)O[C@H](C)[C@@](O)(C(C)=O)[C@@](O)(C(C)=O)[C@H]1F. The van der Waals surface area contributed by atoms with Gasteiger partial charge < -0.3 is 20.1 Å². The predicted molar refractivity (Wildman–Crippen MR) is 62.3 cm³/mol. The summed E-state index contributed by atoms with van der Waals surface area (Å²) in [4.78, 5) is 34.6. The molecule has 0 aromatic carbocycles. The number of rotatable bonds is 3. The second-order valence-electron chi connectivity index (χ2n) is 5.02. The van der Waals surface area contributed by atoms with Gasteiger partial charge in [-0.2, -0.15) is 0 Å². The Labute approximate surface area is 114 Å². The van der Waals surface area contributed by atoms with Crippen LogP contribution in [-0.4, -0.2) is 61.9 Å². The van der Waals surface area contributed by atoms with Gasteiger partial charge in [0.25, 0.3) is 5.79 Å². The van der Waals surface area contributed by atoms with Crippen LogP contribution in [0.25, 0.3) is 0 Å². The lowest BCUT2D eigenvalue weighted by Crippen LogP contribution is -2.81. The van der Waals surface area contributed by atoms with Gasteiger partial charge in [0.1, 0.15) is 0 Å². The molecule has 20 heavy (non-hydrogen) atoms. The van der Waals surface area contributed by atoms with Crippen molar-refractivity contribution >= 4 is 17.3 Å². The maximum absolute atomic E-state index is 14.4. The fourth-order valence-electron chi connectivity index (χ4n) is 2.46. The molecule has 0 unspecified atom stereocenters. The van der Waals surface area contributed by atoms with Gasteiger partial charge in [-0.25, -0.2) is 4.39 Å². The number of aliphatic hydroxyl groups is 3. The average Bonchev–Trinajstić information content (AvgIpc) is 2.32. The lowest BCUT2D eigenvalue weighted by molar-refractivity contribution is -0.347. The van der Waals surface area contributed by atoms with Gasteiger partial charge in [-0.15, -0.1) is 0 Å². The van der Waals surface area contributed by atoms with Crippen LogP contribution in [0.1, 0.15) is 27.7 Å². The highest BCUT2D eigenvalue weighted by atomic mass is 19.1. The van der Waals surface area contributed by atoms with Crippen LogP contribution in [0.5, 0.6) is 0 Å². The third-order valence-electron chi connectivity index (χ3n) is 3.81. The van der Waals surface area contributed by atoms with Crippen molar-refractivity contribution in [2.45, 2.75) is 57.0 Å². The van der Waals surface area contributed by atoms with E-state index in [0.717, 1.165) is 27.7 Å². The average molecular weight is 292 g/mol. The molecule has 3 N–H and O–H groups in total. The van der Waals surface area contributed by atoms with Gasteiger partial charge in [0, 0.05) is 6.92 Å². The van der Waals surface area contributed by atoms with E-state index in [9.17, 15) is 34.1 Å². The quantitative estimate of drug-likeness (QED) is 0.588. The smallest absolute Gasteiger partial charge is 0.262 e. The number of carbonyl (C=O) groups is 3. The van der Waals surface area contributed by atoms with Gasteiger partial charge in [-0.05, 0) is 20.8 Å². The number of ether oxygens (including phenoxy) is 1. The molecule has 1 fully saturated rings. The molecule has 1 saturated heterocycles. The van der Waals surface area contributed by atoms with Crippen LogP contribution in [0.2, 0.25) is 0 Å². The highest BCUT2D eigenvalue weighted by molar-refractivity contribution is 6.00. The van der Waals surface area contributed by atoms with Gasteiger partial charge >= 0.3 is 0 Å². The molecule has 8 heteroatoms. The summed E-state index contributed by atoms with van der Waals surface area (Å²) in [5.41, 5.74) is -6.21. The van der Waals surface area contributed by atoms with E-state index >= 15 is 0 Å². The Morgan fingerprint density at radius 2 is 1.35 bits per heavy atom. The fourth-order valence-corrected chi connectivity index (χ4v) is 2.46. The first-order chi connectivity index (χ1) is 8.86. The van der Waals surface area contributed by atoms with Gasteiger partial charge in [0.15, 0.2) is 28.6 Å². The Balaban J connectivity index is 3.61. The van der Waals surface area contributed by atoms with Crippen molar-refractivity contribution < 1.29 is 38.8 Å². The summed E-state index contributed by atoms with van der Waals surface area (Å²) in [7, 11) is 0. The molecule has 114 valence electrons. The molecular weight excluding hydrogens is 275 g/mol. The van der Waals surface area contributed by atoms with E-state index in [0.29, 0.717) is 0 Å². The molecule has 1 heterocycles. The monoisotopic (exact) mass is 292 g/mol. The van der Waals surface area contributed by atoms with Gasteiger partial charge in [0.05, 0.1) is 6.10 Å². The normalized spacial score (nSPS) is 45.0. The molecule has 0 saturated carbocycles. The Bertz CT molecular complexity index is 478. The minimum atomic E-state index is -3.29. The van der Waals surface area contributed by atoms with E-state index in [-0.39, 0.29) is 0 Å². The summed E-state index contributed by atoms with van der Waals surface area (Å²) in [6.45, 7) is 3.39. The molecule has 0 radical (unpaired) electrons. The Hall–Kier alpha value is -1.22. The summed E-state index contributed by atoms with van der Waals surface area (Å²) < 4.78 is 19.2. The van der Waals surface area contributed by atoms with Crippen molar-refractivity contribution in [2.24, 2.45) is 0 Å². The molecule has 0 aromatic heterocycles. The van der Waals surface area contributed by atoms with Gasteiger partial charge in [0.2, 0.25) is 6.17 Å². The minimum absolute atomic E-state index is 0.735. The van der Waals surface area contributed by atoms with Crippen LogP contribution < -0.4 is 0 Å². The summed E-state index contributed by atoms with van der Waals surface area (Å²) in [6, 6.07) is 0. The predicted octanol–water partition coefficient (Wildman–Crippen LogP) is -1.34. The lowest BCUT2D eigenvalue weighted by atomic mass is 9.67. The molecule has 1 aliphatic heterocycles. The molecular formula is C12H17FO7. The lowest BCUT2D eigenvalue weighted by Gasteiger charge is -2.53. The molecule has 1 aliphatic rings. The maximum Gasteiger partial charge on any atom is 0.262 e. The van der Waals surface area contributed by atoms with Crippen molar-refractivity contribution in [1.29, 1.82) is 0 Å². The van der Waals surface area contributed by atoms with Crippen molar-refractivity contribution in [3.05, 3.63) is 0 Å². The first kappa shape index (κ1) is 16.8. The van der Waals surface area contributed by atoms with E-state index in [2.05, 4.69) is 0 Å². The van der Waals surface area contributed by atoms with E-state index < -0.39 is 46.6 Å². The molecule has 0 spiro atoms. The zero-order valence-corrected chi connectivity index (χ0v) is 11.5. The third kappa shape index (κ3) is 1.76. The number of Topliss-reactive ketones (excluding diaryl/α,β-unsaturated/α-hetero) is 3. The Kier molecular flexibility index (Phi) is 3.92. The Morgan fingerprint density at radius 3 is 1.65 bits per heavy atom. The number of carbonyl (C=O) groups excluding carboxylic acids is 3. The number of halogens is 1. The summed E-state index contributed by atoms with van der Waals surface area (Å²) in [5, 5.41) is 30.5. The van der Waals surface area contributed by atoms with E-state index in [1.54, 1.807) is 0 Å². The van der Waals surface area contributed by atoms with Crippen LogP contribution in [0.3, 0.4) is 0 Å². The number of hydrogen-bond donors (Lipinski definition) is 3. The second-order valence-corrected chi connectivity index (χ2v) is 5.02. The van der Waals surface area contributed by atoms with Crippen LogP contribution in [0, 0.1) is 0 Å². The van der Waals surface area contributed by atoms with Crippen molar-refractivity contribution in [3.8, 4) is 0 Å². The second kappa shape index (κ2) is 4.66. The molecule has 0 amide bonds. The molecule has 5 atom stereocenters. The first-order valence-electron chi connectivity index (χ1n) is 5.88. The van der Waals surface area contributed by atoms with Crippen molar-refractivity contribution in [2.75, 3.05) is 0 Å². The first-order valence-corrected chi connectivity index (χ1v) is 5.88. The molecule has 7 nitrogen and oxygen atoms in total. The highest BCUT2D eigenvalue weighted by Crippen LogP contribution is 2.45. The standard InChI is InChI=1S/C12H17FO7/c1-5(14)10(17)8(4)20-12(19,7(3)16)9(13)11(10,18)6(2)15/h8-9,17-19H,1-4H3/t8-,9-,10+,11-,12+/m1/s1. The van der Waals surface area contributed by atoms with Crippen LogP contribution >= 0.6 is 0 Å². The summed E-state index contributed by atoms with van der Waals surface area (Å²) in [5.74, 6) is -6.77. The maximum atomic E-state index is 14.4. The van der Waals surface area contributed by atoms with E-state index in [4.69, 9.17) is 4.74 Å². The third-order valence-corrected chi connectivity index (χ3v) is 3.81. The fraction of sp³-hybridized carbons (Fsp3) is 0.750. The zero-order chi connectivity index (χ0) is 16.1. The largest absolute Gasteiger partial charge is 0.376 e. The van der Waals surface area contributed by atoms with Crippen LogP contribution in [0.15, 0.2) is 0 Å². The summed E-state index contributed by atoms with van der Waals surface area (Å²) >= 11 is 0. The topological polar surface area (TPSA) is 121 Å². The Morgan fingerprint density at radius 1 is 0.950 bits per heavy atom. The van der Waals surface area contributed by atoms with Crippen LogP contribution in [-0.2, 0) is 19.1 Å². The van der Waals surface area contributed by atoms with Crippen molar-refractivity contribution in [3.63, 3.8) is 0 Å². The number of alkyl halides is 1. The van der Waals surface area contributed by atoms with E-state index in [1.165, 1.54) is 0 Å². The van der Waals surface area contributed by atoms with Crippen molar-refractivity contribution in [1.82, 2.24) is 0 Å². The number of hydrogen-bond acceptors (Lipinski definition) is 7. The molecule has 0 aliphatic carbocycles. The minimum Gasteiger partial charge on any atom is -0.376 e. The molecule has 0 bridgehead atoms. The van der Waals surface area contributed by atoms with E-state index in [1.807, 2.05) is 0 Å². The van der Waals surface area contributed by atoms with Crippen LogP contribution in [0.4, 0.5) is 4.39 Å². The zero-order valence-electron chi connectivity index (χ0n) is 11.5.